The molecule has 2 aliphatic rings. The second kappa shape index (κ2) is 8.31. The van der Waals surface area contributed by atoms with Crippen molar-refractivity contribution in [3.8, 4) is 11.4 Å². The smallest absolute Gasteiger partial charge is 0.272 e. The van der Waals surface area contributed by atoms with E-state index in [-0.39, 0.29) is 5.91 Å². The summed E-state index contributed by atoms with van der Waals surface area (Å²) in [6.07, 6.45) is 4.45. The average molecular weight is 430 g/mol. The topological polar surface area (TPSA) is 71.5 Å². The molecule has 0 bridgehead atoms. The largest absolute Gasteiger partial charge is 0.368 e. The minimum atomic E-state index is -0.395. The highest BCUT2D eigenvalue weighted by molar-refractivity contribution is 5.92. The molecule has 1 spiro atoms. The third kappa shape index (κ3) is 3.73. The zero-order valence-corrected chi connectivity index (χ0v) is 18.5. The van der Waals surface area contributed by atoms with Gasteiger partial charge in [0.15, 0.2) is 5.82 Å². The second-order valence-electron chi connectivity index (χ2n) is 8.59. The number of aromatic nitrogens is 3. The number of benzene rings is 1. The number of hydrogen-bond donors (Lipinski definition) is 0. The lowest BCUT2D eigenvalue weighted by molar-refractivity contribution is -0.0801. The van der Waals surface area contributed by atoms with Gasteiger partial charge < -0.3 is 14.5 Å². The van der Waals surface area contributed by atoms with E-state index >= 15 is 0 Å². The number of carbonyl (C=O) groups excluding carboxylic acids is 1. The molecule has 1 saturated heterocycles. The molecule has 1 aromatic carbocycles. The molecule has 1 amide bonds. The van der Waals surface area contributed by atoms with Crippen LogP contribution in [0.1, 0.15) is 34.6 Å². The van der Waals surface area contributed by atoms with E-state index in [0.29, 0.717) is 12.3 Å². The van der Waals surface area contributed by atoms with Crippen LogP contribution in [-0.4, -0.2) is 59.6 Å². The van der Waals surface area contributed by atoms with E-state index in [2.05, 4.69) is 14.9 Å². The van der Waals surface area contributed by atoms with Crippen molar-refractivity contribution in [1.29, 1.82) is 0 Å². The molecule has 1 fully saturated rings. The van der Waals surface area contributed by atoms with Gasteiger partial charge in [-0.15, -0.1) is 0 Å². The Morgan fingerprint density at radius 1 is 1.03 bits per heavy atom. The summed E-state index contributed by atoms with van der Waals surface area (Å²) < 4.78 is 6.40. The van der Waals surface area contributed by atoms with Crippen LogP contribution in [0.4, 0.5) is 5.82 Å². The van der Waals surface area contributed by atoms with Crippen LogP contribution in [0.5, 0.6) is 0 Å². The lowest BCUT2D eigenvalue weighted by Crippen LogP contribution is -2.47. The van der Waals surface area contributed by atoms with Crippen molar-refractivity contribution in [1.82, 2.24) is 19.9 Å². The Balaban J connectivity index is 1.40. The molecule has 4 heterocycles. The van der Waals surface area contributed by atoms with Crippen molar-refractivity contribution >= 4 is 11.7 Å². The number of ether oxygens (including phenoxy) is 1. The molecule has 2 aliphatic heterocycles. The van der Waals surface area contributed by atoms with Gasteiger partial charge in [0, 0.05) is 38.9 Å². The van der Waals surface area contributed by atoms with E-state index in [1.165, 1.54) is 5.56 Å². The molecule has 32 heavy (non-hydrogen) atoms. The summed E-state index contributed by atoms with van der Waals surface area (Å²) in [4.78, 5) is 30.3. The first-order chi connectivity index (χ1) is 15.6. The van der Waals surface area contributed by atoms with Crippen LogP contribution in [0.2, 0.25) is 0 Å². The first kappa shape index (κ1) is 20.6. The number of nitrogens with zero attached hydrogens (tertiary/aromatic N) is 5. The zero-order valence-electron chi connectivity index (χ0n) is 18.5. The van der Waals surface area contributed by atoms with Crippen LogP contribution in [-0.2, 0) is 16.8 Å². The van der Waals surface area contributed by atoms with E-state index in [0.717, 1.165) is 55.3 Å². The zero-order chi connectivity index (χ0) is 22.1. The predicted octanol–water partition coefficient (Wildman–Crippen LogP) is 3.31. The molecule has 0 atom stereocenters. The molecule has 0 N–H and O–H groups in total. The normalized spacial score (nSPS) is 17.1. The maximum Gasteiger partial charge on any atom is 0.272 e. The summed E-state index contributed by atoms with van der Waals surface area (Å²) in [6.45, 7) is 2.26. The number of carbonyl (C=O) groups is 1. The van der Waals surface area contributed by atoms with E-state index < -0.39 is 5.60 Å². The summed E-state index contributed by atoms with van der Waals surface area (Å²) in [6, 6.07) is 15.7. The van der Waals surface area contributed by atoms with Crippen LogP contribution in [0.15, 0.2) is 54.7 Å². The standard InChI is InChI=1S/C25H27N5O2/c1-29(2)24(31)20-9-6-10-21(27-20)30-14-12-25(13-15-30)22-19(11-16-32-25)17-26-23(28-22)18-7-4-3-5-8-18/h3-10,17H,11-16H2,1-2H3. The Bertz CT molecular complexity index is 1120. The van der Waals surface area contributed by atoms with Crippen molar-refractivity contribution in [2.75, 3.05) is 38.7 Å². The van der Waals surface area contributed by atoms with E-state index in [4.69, 9.17) is 9.72 Å². The third-order valence-corrected chi connectivity index (χ3v) is 6.33. The third-order valence-electron chi connectivity index (χ3n) is 6.33. The SMILES string of the molecule is CN(C)C(=O)c1cccc(N2CCC3(CC2)OCCc2cnc(-c4ccccc4)nc23)n1. The Morgan fingerprint density at radius 2 is 1.81 bits per heavy atom. The highest BCUT2D eigenvalue weighted by Gasteiger charge is 2.43. The van der Waals surface area contributed by atoms with E-state index in [1.807, 2.05) is 48.7 Å². The first-order valence-electron chi connectivity index (χ1n) is 11.1. The van der Waals surface area contributed by atoms with Crippen LogP contribution < -0.4 is 4.90 Å². The van der Waals surface area contributed by atoms with Gasteiger partial charge in [-0.1, -0.05) is 36.4 Å². The quantitative estimate of drug-likeness (QED) is 0.636. The number of amides is 1. The molecule has 2 aromatic heterocycles. The van der Waals surface area contributed by atoms with Crippen molar-refractivity contribution in [3.63, 3.8) is 0 Å². The van der Waals surface area contributed by atoms with Gasteiger partial charge in [0.1, 0.15) is 17.1 Å². The van der Waals surface area contributed by atoms with Crippen LogP contribution in [0, 0.1) is 0 Å². The first-order valence-corrected chi connectivity index (χ1v) is 11.1. The second-order valence-corrected chi connectivity index (χ2v) is 8.59. The fourth-order valence-corrected chi connectivity index (χ4v) is 4.56. The number of hydrogen-bond acceptors (Lipinski definition) is 6. The number of piperidine rings is 1. The van der Waals surface area contributed by atoms with Crippen molar-refractivity contribution in [2.45, 2.75) is 24.9 Å². The van der Waals surface area contributed by atoms with Crippen LogP contribution in [0.3, 0.4) is 0 Å². The maximum atomic E-state index is 12.3. The van der Waals surface area contributed by atoms with Crippen LogP contribution in [0.25, 0.3) is 11.4 Å². The van der Waals surface area contributed by atoms with Gasteiger partial charge in [-0.25, -0.2) is 15.0 Å². The highest BCUT2D eigenvalue weighted by atomic mass is 16.5. The molecule has 7 nitrogen and oxygen atoms in total. The Labute approximate surface area is 188 Å². The number of fused-ring (bicyclic) bond motifs is 2. The lowest BCUT2D eigenvalue weighted by atomic mass is 9.83. The molecule has 164 valence electrons. The minimum Gasteiger partial charge on any atom is -0.368 e. The number of pyridine rings is 1. The molecule has 7 heteroatoms. The van der Waals surface area contributed by atoms with Gasteiger partial charge in [0.2, 0.25) is 0 Å². The Kier molecular flexibility index (Phi) is 5.35. The molecule has 0 aliphatic carbocycles. The maximum absolute atomic E-state index is 12.3. The Morgan fingerprint density at radius 3 is 2.56 bits per heavy atom. The number of anilines is 1. The van der Waals surface area contributed by atoms with Gasteiger partial charge in [-0.05, 0) is 37.0 Å². The summed E-state index contributed by atoms with van der Waals surface area (Å²) in [5.41, 5.74) is 3.29. The molecule has 5 rings (SSSR count). The molecule has 0 saturated carbocycles. The minimum absolute atomic E-state index is 0.0880. The van der Waals surface area contributed by atoms with Crippen molar-refractivity contribution < 1.29 is 9.53 Å². The highest BCUT2D eigenvalue weighted by Crippen LogP contribution is 2.41. The van der Waals surface area contributed by atoms with Gasteiger partial charge >= 0.3 is 0 Å². The Hall–Kier alpha value is -3.32. The fourth-order valence-electron chi connectivity index (χ4n) is 4.56. The van der Waals surface area contributed by atoms with Crippen molar-refractivity contribution in [2.24, 2.45) is 0 Å². The van der Waals surface area contributed by atoms with E-state index in [1.54, 1.807) is 25.1 Å². The van der Waals surface area contributed by atoms with E-state index in [9.17, 15) is 4.79 Å². The molecular weight excluding hydrogens is 402 g/mol. The van der Waals surface area contributed by atoms with Gasteiger partial charge in [0.25, 0.3) is 5.91 Å². The monoisotopic (exact) mass is 429 g/mol. The van der Waals surface area contributed by atoms with Gasteiger partial charge in [-0.3, -0.25) is 4.79 Å². The predicted molar refractivity (Wildman–Crippen MR) is 123 cm³/mol. The summed E-state index contributed by atoms with van der Waals surface area (Å²) in [5, 5.41) is 0. The lowest BCUT2D eigenvalue weighted by Gasteiger charge is -2.44. The van der Waals surface area contributed by atoms with Gasteiger partial charge in [0.05, 0.1) is 12.3 Å². The molecule has 0 radical (unpaired) electrons. The molecule has 3 aromatic rings. The fraction of sp³-hybridized carbons (Fsp3) is 0.360. The number of rotatable bonds is 3. The molecule has 0 unspecified atom stereocenters. The van der Waals surface area contributed by atoms with Crippen molar-refractivity contribution in [3.05, 3.63) is 71.7 Å². The summed E-state index contributed by atoms with van der Waals surface area (Å²) in [5.74, 6) is 1.49. The van der Waals surface area contributed by atoms with Crippen LogP contribution >= 0.6 is 0 Å². The summed E-state index contributed by atoms with van der Waals surface area (Å²) >= 11 is 0. The van der Waals surface area contributed by atoms with Gasteiger partial charge in [-0.2, -0.15) is 0 Å². The molecular formula is C25H27N5O2. The summed E-state index contributed by atoms with van der Waals surface area (Å²) in [7, 11) is 3.48. The average Bonchev–Trinajstić information content (AvgIpc) is 2.85.